The minimum atomic E-state index is -0.344. The zero-order valence-corrected chi connectivity index (χ0v) is 20.7. The van der Waals surface area contributed by atoms with Crippen LogP contribution in [0.2, 0.25) is 0 Å². The van der Waals surface area contributed by atoms with E-state index in [1.165, 1.54) is 0 Å². The van der Waals surface area contributed by atoms with Crippen molar-refractivity contribution in [3.8, 4) is 11.5 Å². The fourth-order valence-corrected chi connectivity index (χ4v) is 3.52. The minimum absolute atomic E-state index is 0.157. The standard InChI is InChI=1S/C29H25N3O4S/c33-27(21-7-3-1-4-8-21)30-23-13-15-24(16-14-23)31-29(37)32-28(34)22-11-17-26(18-12-22)36-20-19-35-25-9-5-2-6-10-25/h1-18H,19-20H2,(H,30,33)(H2,31,32,34,37). The maximum atomic E-state index is 12.5. The number of carbonyl (C=O) groups is 2. The van der Waals surface area contributed by atoms with Crippen molar-refractivity contribution in [3.63, 3.8) is 0 Å². The monoisotopic (exact) mass is 511 g/mol. The van der Waals surface area contributed by atoms with Gasteiger partial charge in [0.05, 0.1) is 0 Å². The van der Waals surface area contributed by atoms with Gasteiger partial charge in [0, 0.05) is 22.5 Å². The highest BCUT2D eigenvalue weighted by atomic mass is 32.1. The fourth-order valence-electron chi connectivity index (χ4n) is 3.31. The van der Waals surface area contributed by atoms with E-state index in [0.717, 1.165) is 5.75 Å². The van der Waals surface area contributed by atoms with Crippen LogP contribution in [0, 0.1) is 0 Å². The predicted octanol–water partition coefficient (Wildman–Crippen LogP) is 5.52. The molecule has 7 nitrogen and oxygen atoms in total. The molecule has 4 aromatic rings. The number of ether oxygens (including phenoxy) is 2. The van der Waals surface area contributed by atoms with Gasteiger partial charge in [-0.15, -0.1) is 0 Å². The molecule has 0 atom stereocenters. The van der Waals surface area contributed by atoms with E-state index in [1.807, 2.05) is 48.5 Å². The van der Waals surface area contributed by atoms with Crippen LogP contribution in [0.1, 0.15) is 20.7 Å². The Bertz CT molecular complexity index is 1330. The normalized spacial score (nSPS) is 10.2. The number of anilines is 2. The summed E-state index contributed by atoms with van der Waals surface area (Å²) in [5.41, 5.74) is 2.33. The molecule has 8 heteroatoms. The first kappa shape index (κ1) is 25.4. The predicted molar refractivity (Wildman–Crippen MR) is 148 cm³/mol. The largest absolute Gasteiger partial charge is 0.490 e. The Morgan fingerprint density at radius 3 is 1.65 bits per heavy atom. The number of thiocarbonyl (C=S) groups is 1. The number of para-hydroxylation sites is 1. The molecule has 0 spiro atoms. The van der Waals surface area contributed by atoms with Gasteiger partial charge in [0.25, 0.3) is 11.8 Å². The Hall–Kier alpha value is -4.69. The maximum absolute atomic E-state index is 12.5. The molecule has 0 saturated heterocycles. The number of hydrogen-bond acceptors (Lipinski definition) is 5. The zero-order valence-electron chi connectivity index (χ0n) is 19.8. The van der Waals surface area contributed by atoms with Crippen molar-refractivity contribution in [2.75, 3.05) is 23.8 Å². The van der Waals surface area contributed by atoms with E-state index < -0.39 is 0 Å². The summed E-state index contributed by atoms with van der Waals surface area (Å²) >= 11 is 5.26. The summed E-state index contributed by atoms with van der Waals surface area (Å²) in [6.45, 7) is 0.787. The first-order valence-corrected chi connectivity index (χ1v) is 12.0. The van der Waals surface area contributed by atoms with Crippen LogP contribution in [0.4, 0.5) is 11.4 Å². The van der Waals surface area contributed by atoms with E-state index in [-0.39, 0.29) is 16.9 Å². The first-order chi connectivity index (χ1) is 18.1. The summed E-state index contributed by atoms with van der Waals surface area (Å²) in [4.78, 5) is 24.8. The Morgan fingerprint density at radius 1 is 0.568 bits per heavy atom. The average Bonchev–Trinajstić information content (AvgIpc) is 2.93. The highest BCUT2D eigenvalue weighted by Crippen LogP contribution is 2.16. The van der Waals surface area contributed by atoms with Crippen molar-refractivity contribution in [2.24, 2.45) is 0 Å². The van der Waals surface area contributed by atoms with Gasteiger partial charge in [-0.2, -0.15) is 0 Å². The molecule has 0 aromatic heterocycles. The molecule has 0 bridgehead atoms. The first-order valence-electron chi connectivity index (χ1n) is 11.6. The van der Waals surface area contributed by atoms with Crippen LogP contribution < -0.4 is 25.4 Å². The lowest BCUT2D eigenvalue weighted by molar-refractivity contribution is 0.0976. The van der Waals surface area contributed by atoms with Crippen molar-refractivity contribution in [1.29, 1.82) is 0 Å². The molecule has 186 valence electrons. The van der Waals surface area contributed by atoms with Gasteiger partial charge in [-0.3, -0.25) is 14.9 Å². The average molecular weight is 512 g/mol. The molecular formula is C29H25N3O4S. The summed E-state index contributed by atoms with van der Waals surface area (Å²) in [5, 5.41) is 8.61. The zero-order chi connectivity index (χ0) is 25.9. The van der Waals surface area contributed by atoms with E-state index >= 15 is 0 Å². The summed E-state index contributed by atoms with van der Waals surface area (Å²) in [5.74, 6) is 0.881. The van der Waals surface area contributed by atoms with Crippen LogP contribution in [0.15, 0.2) is 109 Å². The van der Waals surface area contributed by atoms with Crippen molar-refractivity contribution < 1.29 is 19.1 Å². The Balaban J connectivity index is 1.20. The Labute approximate surface area is 220 Å². The summed E-state index contributed by atoms with van der Waals surface area (Å²) in [7, 11) is 0. The number of carbonyl (C=O) groups excluding carboxylic acids is 2. The van der Waals surface area contributed by atoms with Gasteiger partial charge in [-0.05, 0) is 85.0 Å². The molecule has 0 aliphatic carbocycles. The van der Waals surface area contributed by atoms with Gasteiger partial charge >= 0.3 is 0 Å². The second-order valence-electron chi connectivity index (χ2n) is 7.84. The number of rotatable bonds is 9. The third-order valence-electron chi connectivity index (χ3n) is 5.14. The highest BCUT2D eigenvalue weighted by molar-refractivity contribution is 7.80. The van der Waals surface area contributed by atoms with Gasteiger partial charge < -0.3 is 20.1 Å². The molecule has 0 heterocycles. The summed E-state index contributed by atoms with van der Waals surface area (Å²) in [6, 6.07) is 32.2. The molecule has 2 amide bonds. The van der Waals surface area contributed by atoms with E-state index in [1.54, 1.807) is 60.7 Å². The molecule has 0 aliphatic rings. The molecule has 0 aliphatic heterocycles. The number of amides is 2. The van der Waals surface area contributed by atoms with Gasteiger partial charge in [0.1, 0.15) is 24.7 Å². The van der Waals surface area contributed by atoms with Crippen molar-refractivity contribution in [1.82, 2.24) is 5.32 Å². The van der Waals surface area contributed by atoms with Gasteiger partial charge in [0.2, 0.25) is 0 Å². The number of benzene rings is 4. The summed E-state index contributed by atoms with van der Waals surface area (Å²) < 4.78 is 11.3. The summed E-state index contributed by atoms with van der Waals surface area (Å²) in [6.07, 6.45) is 0. The lowest BCUT2D eigenvalue weighted by Crippen LogP contribution is -2.34. The molecule has 3 N–H and O–H groups in total. The Morgan fingerprint density at radius 2 is 1.05 bits per heavy atom. The van der Waals surface area contributed by atoms with Crippen molar-refractivity contribution in [2.45, 2.75) is 0 Å². The molecule has 4 rings (SSSR count). The van der Waals surface area contributed by atoms with Gasteiger partial charge in [-0.25, -0.2) is 0 Å². The highest BCUT2D eigenvalue weighted by Gasteiger charge is 2.09. The van der Waals surface area contributed by atoms with Crippen LogP contribution in [-0.2, 0) is 0 Å². The quantitative estimate of drug-likeness (QED) is 0.202. The van der Waals surface area contributed by atoms with Crippen LogP contribution >= 0.6 is 12.2 Å². The van der Waals surface area contributed by atoms with E-state index in [0.29, 0.717) is 41.5 Å². The van der Waals surface area contributed by atoms with E-state index in [4.69, 9.17) is 21.7 Å². The molecule has 0 unspecified atom stereocenters. The number of hydrogen-bond donors (Lipinski definition) is 3. The van der Waals surface area contributed by atoms with Gasteiger partial charge in [-0.1, -0.05) is 36.4 Å². The van der Waals surface area contributed by atoms with Crippen molar-refractivity contribution >= 4 is 40.5 Å². The van der Waals surface area contributed by atoms with E-state index in [2.05, 4.69) is 16.0 Å². The molecule has 4 aromatic carbocycles. The number of nitrogens with one attached hydrogen (secondary N) is 3. The second kappa shape index (κ2) is 12.9. The van der Waals surface area contributed by atoms with E-state index in [9.17, 15) is 9.59 Å². The molecular weight excluding hydrogens is 486 g/mol. The SMILES string of the molecule is O=C(NC(=S)Nc1ccc(NC(=O)c2ccccc2)cc1)c1ccc(OCCOc2ccccc2)cc1. The van der Waals surface area contributed by atoms with Crippen LogP contribution in [0.25, 0.3) is 0 Å². The molecule has 37 heavy (non-hydrogen) atoms. The molecule has 0 saturated carbocycles. The van der Waals surface area contributed by atoms with Crippen LogP contribution in [-0.4, -0.2) is 30.1 Å². The van der Waals surface area contributed by atoms with Crippen molar-refractivity contribution in [3.05, 3.63) is 120 Å². The third-order valence-corrected chi connectivity index (χ3v) is 5.35. The van der Waals surface area contributed by atoms with Gasteiger partial charge in [0.15, 0.2) is 5.11 Å². The second-order valence-corrected chi connectivity index (χ2v) is 8.25. The smallest absolute Gasteiger partial charge is 0.257 e. The minimum Gasteiger partial charge on any atom is -0.490 e. The fraction of sp³-hybridized carbons (Fsp3) is 0.0690. The maximum Gasteiger partial charge on any atom is 0.257 e. The lowest BCUT2D eigenvalue weighted by atomic mass is 10.2. The Kier molecular flexibility index (Phi) is 8.82. The molecule has 0 radical (unpaired) electrons. The molecule has 0 fully saturated rings. The topological polar surface area (TPSA) is 88.7 Å². The third kappa shape index (κ3) is 7.91. The van der Waals surface area contributed by atoms with Crippen LogP contribution in [0.3, 0.4) is 0 Å². The lowest BCUT2D eigenvalue weighted by Gasteiger charge is -2.11. The van der Waals surface area contributed by atoms with Crippen LogP contribution in [0.5, 0.6) is 11.5 Å².